The van der Waals surface area contributed by atoms with Crippen LogP contribution in [0, 0.1) is 52.3 Å². The summed E-state index contributed by atoms with van der Waals surface area (Å²) in [5, 5.41) is 0. The summed E-state index contributed by atoms with van der Waals surface area (Å²) in [6.45, 7) is 10.7. The molecule has 0 N–H and O–H groups in total. The molecule has 1 saturated heterocycles. The Balaban J connectivity index is 1.19. The second-order valence-corrected chi connectivity index (χ2v) is 18.6. The number of carbonyl (C=O) groups is 5. The van der Waals surface area contributed by atoms with E-state index in [2.05, 4.69) is 34.6 Å². The summed E-state index contributed by atoms with van der Waals surface area (Å²) in [4.78, 5) is 69.6. The molecule has 5 aliphatic rings. The van der Waals surface area contributed by atoms with Gasteiger partial charge in [0.25, 0.3) is 0 Å². The minimum Gasteiger partial charge on any atom is -0.462 e. The van der Waals surface area contributed by atoms with Crippen molar-refractivity contribution in [2.24, 2.45) is 52.3 Å². The molecule has 9 heteroatoms. The second-order valence-electron chi connectivity index (χ2n) is 18.6. The lowest BCUT2D eigenvalue weighted by Crippen LogP contribution is -2.66. The largest absolute Gasteiger partial charge is 0.462 e. The first-order valence-electron chi connectivity index (χ1n) is 21.5. The summed E-state index contributed by atoms with van der Waals surface area (Å²) >= 11 is 0. The van der Waals surface area contributed by atoms with Gasteiger partial charge in [-0.15, -0.1) is 0 Å². The van der Waals surface area contributed by atoms with Crippen LogP contribution >= 0.6 is 0 Å². The van der Waals surface area contributed by atoms with Gasteiger partial charge in [0.15, 0.2) is 5.78 Å². The number of hydrogen-bond acceptors (Lipinski definition) is 9. The number of carbonyl (C=O) groups excluding carboxylic acids is 5. The smallest absolute Gasteiger partial charge is 0.338 e. The van der Waals surface area contributed by atoms with Crippen LogP contribution in [-0.4, -0.2) is 54.1 Å². The second kappa shape index (κ2) is 16.2. The predicted molar refractivity (Wildman–Crippen MR) is 220 cm³/mol. The number of allylic oxidation sites excluding steroid dienone is 1. The number of fused-ring (bicyclic) bond motifs is 5. The molecule has 12 atom stereocenters. The van der Waals surface area contributed by atoms with E-state index < -0.39 is 58.9 Å². The molecule has 0 radical (unpaired) electrons. The summed E-state index contributed by atoms with van der Waals surface area (Å²) in [5.74, 6) is -2.97. The summed E-state index contributed by atoms with van der Waals surface area (Å²) in [7, 11) is 0. The summed E-state index contributed by atoms with van der Waals surface area (Å²) < 4.78 is 25.5. The molecule has 0 spiro atoms. The Hall–Kier alpha value is -5.05. The highest BCUT2D eigenvalue weighted by Crippen LogP contribution is 2.67. The Bertz CT molecular complexity index is 2100. The van der Waals surface area contributed by atoms with E-state index in [1.54, 1.807) is 78.9 Å². The van der Waals surface area contributed by atoms with Crippen LogP contribution in [0.5, 0.6) is 0 Å². The van der Waals surface area contributed by atoms with Gasteiger partial charge >= 0.3 is 23.9 Å². The van der Waals surface area contributed by atoms with Gasteiger partial charge in [-0.3, -0.25) is 9.59 Å². The van der Waals surface area contributed by atoms with Gasteiger partial charge in [0.05, 0.1) is 16.7 Å². The molecule has 4 aliphatic carbocycles. The van der Waals surface area contributed by atoms with Crippen LogP contribution < -0.4 is 0 Å². The molecule has 3 saturated carbocycles. The van der Waals surface area contributed by atoms with Crippen LogP contribution in [0.25, 0.3) is 0 Å². The number of rotatable bonds is 9. The zero-order chi connectivity index (χ0) is 41.6. The quantitative estimate of drug-likeness (QED) is 0.154. The Morgan fingerprint density at radius 3 is 1.78 bits per heavy atom. The zero-order valence-electron chi connectivity index (χ0n) is 34.7. The monoisotopic (exact) mass is 800 g/mol. The lowest BCUT2D eigenvalue weighted by atomic mass is 9.43. The van der Waals surface area contributed by atoms with E-state index in [1.807, 2.05) is 18.2 Å². The van der Waals surface area contributed by atoms with Gasteiger partial charge in [0, 0.05) is 30.1 Å². The highest BCUT2D eigenvalue weighted by atomic mass is 16.6. The Morgan fingerprint density at radius 2 is 1.22 bits per heavy atom. The summed E-state index contributed by atoms with van der Waals surface area (Å²) in [6, 6.07) is 26.4. The molecular weight excluding hydrogens is 745 g/mol. The highest BCUT2D eigenvalue weighted by Gasteiger charge is 2.68. The molecule has 0 aromatic heterocycles. The maximum Gasteiger partial charge on any atom is 0.338 e. The first-order valence-corrected chi connectivity index (χ1v) is 21.5. The minimum atomic E-state index is -0.989. The lowest BCUT2D eigenvalue weighted by molar-refractivity contribution is -0.218. The van der Waals surface area contributed by atoms with Gasteiger partial charge in [-0.25, -0.2) is 14.4 Å². The third kappa shape index (κ3) is 7.55. The Kier molecular flexibility index (Phi) is 11.2. The fraction of sp³-hybridized carbons (Fsp3) is 0.500. The molecule has 9 nitrogen and oxygen atoms in total. The van der Waals surface area contributed by atoms with Crippen molar-refractivity contribution in [3.05, 3.63) is 119 Å². The SMILES string of the molecule is CC(C)C1CC(=O)OC(C(C)C2=CC(=O)C3C4C(OC(=O)c5ccccc5)[C@H](OC(=O)c5ccccc5)C5C[C@H](OC(=O)c6ccccc6)CC[C@]5(C)C4CC[C@]23C)C1. The first kappa shape index (κ1) is 40.7. The lowest BCUT2D eigenvalue weighted by Gasteiger charge is -2.63. The van der Waals surface area contributed by atoms with E-state index in [4.69, 9.17) is 18.9 Å². The zero-order valence-corrected chi connectivity index (χ0v) is 34.7. The van der Waals surface area contributed by atoms with Gasteiger partial charge in [-0.2, -0.15) is 0 Å². The number of benzene rings is 3. The van der Waals surface area contributed by atoms with E-state index in [1.165, 1.54) is 0 Å². The van der Waals surface area contributed by atoms with Crippen LogP contribution in [0.2, 0.25) is 0 Å². The average molecular weight is 801 g/mol. The third-order valence-electron chi connectivity index (χ3n) is 15.1. The minimum absolute atomic E-state index is 0.0342. The highest BCUT2D eigenvalue weighted by molar-refractivity contribution is 5.97. The van der Waals surface area contributed by atoms with Gasteiger partial charge in [-0.1, -0.05) is 94.8 Å². The van der Waals surface area contributed by atoms with Crippen LogP contribution in [0.1, 0.15) is 111 Å². The summed E-state index contributed by atoms with van der Waals surface area (Å²) in [5.41, 5.74) is 1.06. The fourth-order valence-electron chi connectivity index (χ4n) is 11.9. The van der Waals surface area contributed by atoms with Gasteiger partial charge in [0.1, 0.15) is 24.4 Å². The van der Waals surface area contributed by atoms with Crippen molar-refractivity contribution < 1.29 is 42.9 Å². The molecule has 0 amide bonds. The van der Waals surface area contributed by atoms with Crippen LogP contribution in [0.15, 0.2) is 103 Å². The fourth-order valence-corrected chi connectivity index (χ4v) is 11.9. The van der Waals surface area contributed by atoms with Crippen molar-refractivity contribution in [2.45, 2.75) is 104 Å². The Morgan fingerprint density at radius 1 is 0.678 bits per heavy atom. The molecule has 1 aliphatic heterocycles. The molecule has 3 aromatic carbocycles. The molecule has 8 rings (SSSR count). The van der Waals surface area contributed by atoms with E-state index in [9.17, 15) is 24.0 Å². The molecule has 59 heavy (non-hydrogen) atoms. The topological polar surface area (TPSA) is 122 Å². The van der Waals surface area contributed by atoms with E-state index in [0.29, 0.717) is 48.3 Å². The standard InChI is InChI=1S/C50H56O9/c1-29(2)34-25-40(57-41(52)26-34)30(3)37-28-39(51)43-42-36(22-24-50(37,43)5)49(4)23-21-35(56-46(53)31-15-9-6-10-16-31)27-38(49)44(58-47(54)32-17-11-7-12-18-32)45(42)59-48(55)33-19-13-8-14-20-33/h6-20,28-30,34-36,38,40,42-45H,21-27H2,1-5H3/t30?,34?,35-,36?,38?,40?,42?,43?,44-,45?,49-,50-/m1/s1. The van der Waals surface area contributed by atoms with Gasteiger partial charge in [0.2, 0.25) is 0 Å². The predicted octanol–water partition coefficient (Wildman–Crippen LogP) is 9.25. The number of esters is 4. The maximum absolute atomic E-state index is 14.8. The van der Waals surface area contributed by atoms with Gasteiger partial charge < -0.3 is 18.9 Å². The number of ether oxygens (including phenoxy) is 4. The van der Waals surface area contributed by atoms with Crippen molar-refractivity contribution in [3.63, 3.8) is 0 Å². The summed E-state index contributed by atoms with van der Waals surface area (Å²) in [6.07, 6.45) is 3.26. The average Bonchev–Trinajstić information content (AvgIpc) is 3.52. The number of hydrogen-bond donors (Lipinski definition) is 0. The van der Waals surface area contributed by atoms with Crippen LogP contribution in [-0.2, 0) is 28.5 Å². The van der Waals surface area contributed by atoms with E-state index in [0.717, 1.165) is 24.8 Å². The molecule has 8 unspecified atom stereocenters. The molecule has 4 fully saturated rings. The van der Waals surface area contributed by atoms with Gasteiger partial charge in [-0.05, 0) is 110 Å². The number of cyclic esters (lactones) is 1. The van der Waals surface area contributed by atoms with Crippen molar-refractivity contribution >= 4 is 29.7 Å². The van der Waals surface area contributed by atoms with Crippen LogP contribution in [0.3, 0.4) is 0 Å². The van der Waals surface area contributed by atoms with E-state index >= 15 is 0 Å². The Labute approximate surface area is 347 Å². The normalized spacial score (nSPS) is 34.3. The molecule has 0 bridgehead atoms. The molecule has 1 heterocycles. The van der Waals surface area contributed by atoms with Crippen molar-refractivity contribution in [3.8, 4) is 0 Å². The molecule has 3 aromatic rings. The molecule has 310 valence electrons. The van der Waals surface area contributed by atoms with E-state index in [-0.39, 0.29) is 41.5 Å². The third-order valence-corrected chi connectivity index (χ3v) is 15.1. The number of ketones is 1. The first-order chi connectivity index (χ1) is 28.3. The van der Waals surface area contributed by atoms with Crippen LogP contribution in [0.4, 0.5) is 0 Å². The van der Waals surface area contributed by atoms with Crippen molar-refractivity contribution in [1.29, 1.82) is 0 Å². The van der Waals surface area contributed by atoms with Crippen molar-refractivity contribution in [1.82, 2.24) is 0 Å². The molecular formula is C50H56O9. The van der Waals surface area contributed by atoms with Crippen molar-refractivity contribution in [2.75, 3.05) is 0 Å². The maximum atomic E-state index is 14.8.